The van der Waals surface area contributed by atoms with Gasteiger partial charge in [-0.25, -0.2) is 0 Å². The summed E-state index contributed by atoms with van der Waals surface area (Å²) in [5, 5.41) is 1.36. The zero-order valence-corrected chi connectivity index (χ0v) is 6.46. The molecule has 0 aromatic carbocycles. The van der Waals surface area contributed by atoms with Crippen molar-refractivity contribution in [3.63, 3.8) is 0 Å². The lowest BCUT2D eigenvalue weighted by atomic mass is 10.1. The van der Waals surface area contributed by atoms with E-state index in [1.54, 1.807) is 0 Å². The van der Waals surface area contributed by atoms with Crippen LogP contribution in [0, 0.1) is 5.92 Å². The highest BCUT2D eigenvalue weighted by Gasteiger charge is 2.07. The molecule has 2 unspecified atom stereocenters. The van der Waals surface area contributed by atoms with Gasteiger partial charge in [0.1, 0.15) is 0 Å². The first-order valence-corrected chi connectivity index (χ1v) is 3.44. The van der Waals surface area contributed by atoms with Crippen molar-refractivity contribution in [2.45, 2.75) is 13.8 Å². The average Bonchev–Trinajstić information content (AvgIpc) is 1.98. The molecule has 0 bridgehead atoms. The Morgan fingerprint density at radius 1 is 1.62 bits per heavy atom. The van der Waals surface area contributed by atoms with Gasteiger partial charge in [-0.05, 0) is 18.2 Å². The van der Waals surface area contributed by atoms with Crippen molar-refractivity contribution in [2.24, 2.45) is 5.92 Å². The van der Waals surface area contributed by atoms with E-state index >= 15 is 0 Å². The van der Waals surface area contributed by atoms with Crippen molar-refractivity contribution in [1.29, 1.82) is 0 Å². The Hall–Kier alpha value is -0.0900. The highest BCUT2D eigenvalue weighted by atomic mass is 31.0. The van der Waals surface area contributed by atoms with Crippen molar-refractivity contribution < 1.29 is 0 Å². The molecule has 0 fully saturated rings. The Morgan fingerprint density at radius 3 is 2.38 bits per heavy atom. The van der Waals surface area contributed by atoms with E-state index in [0.29, 0.717) is 5.92 Å². The molecule has 0 saturated heterocycles. The molecule has 0 aromatic heterocycles. The molecule has 8 heavy (non-hydrogen) atoms. The van der Waals surface area contributed by atoms with Crippen LogP contribution >= 0.6 is 9.24 Å². The fourth-order valence-corrected chi connectivity index (χ4v) is 1.16. The maximum absolute atomic E-state index is 2.73. The molecule has 0 aliphatic heterocycles. The van der Waals surface area contributed by atoms with Gasteiger partial charge in [0.2, 0.25) is 0 Å². The van der Waals surface area contributed by atoms with Gasteiger partial charge in [0.15, 0.2) is 0 Å². The third-order valence-corrected chi connectivity index (χ3v) is 2.35. The Labute approximate surface area is 52.9 Å². The first-order chi connectivity index (χ1) is 3.72. The molecule has 0 aromatic rings. The zero-order chi connectivity index (χ0) is 6.15. The van der Waals surface area contributed by atoms with Crippen LogP contribution in [0.3, 0.4) is 0 Å². The maximum Gasteiger partial charge on any atom is -0.00419 e. The Kier molecular flexibility index (Phi) is 1.53. The lowest BCUT2D eigenvalue weighted by Gasteiger charge is -1.99. The van der Waals surface area contributed by atoms with Crippen LogP contribution in [-0.2, 0) is 0 Å². The van der Waals surface area contributed by atoms with Crippen molar-refractivity contribution >= 4 is 9.24 Å². The molecule has 0 radical (unpaired) electrons. The van der Waals surface area contributed by atoms with Gasteiger partial charge < -0.3 is 0 Å². The fraction of sp³-hybridized carbons (Fsp3) is 0.429. The van der Waals surface area contributed by atoms with Gasteiger partial charge in [0, 0.05) is 0 Å². The van der Waals surface area contributed by atoms with Crippen LogP contribution in [0.15, 0.2) is 23.0 Å². The van der Waals surface area contributed by atoms with E-state index in [1.807, 2.05) is 0 Å². The minimum atomic E-state index is 0.669. The molecule has 0 amide bonds. The normalized spacial score (nSPS) is 27.6. The van der Waals surface area contributed by atoms with E-state index in [1.165, 1.54) is 10.9 Å². The molecular weight excluding hydrogens is 115 g/mol. The molecular formula is C7H11P. The van der Waals surface area contributed by atoms with E-state index in [2.05, 4.69) is 35.2 Å². The lowest BCUT2D eigenvalue weighted by Crippen LogP contribution is -1.84. The van der Waals surface area contributed by atoms with Crippen molar-refractivity contribution in [3.8, 4) is 0 Å². The topological polar surface area (TPSA) is 0 Å². The van der Waals surface area contributed by atoms with E-state index in [-0.39, 0.29) is 0 Å². The maximum atomic E-state index is 2.73. The third kappa shape index (κ3) is 0.855. The minimum absolute atomic E-state index is 0.669. The Bertz CT molecular complexity index is 154. The molecule has 1 heteroatoms. The molecule has 1 aliphatic rings. The smallest absolute Gasteiger partial charge is 0.00419 e. The third-order valence-electron chi connectivity index (χ3n) is 1.70. The van der Waals surface area contributed by atoms with Crippen LogP contribution in [0.2, 0.25) is 0 Å². The highest BCUT2D eigenvalue weighted by Crippen LogP contribution is 2.27. The minimum Gasteiger partial charge on any atom is -0.106 e. The predicted octanol–water partition coefficient (Wildman–Crippen LogP) is 2.34. The Balaban J connectivity index is 2.85. The molecule has 0 N–H and O–H groups in total. The van der Waals surface area contributed by atoms with E-state index in [0.717, 1.165) is 0 Å². The van der Waals surface area contributed by atoms with Gasteiger partial charge in [0.25, 0.3) is 0 Å². The number of hydrogen-bond donors (Lipinski definition) is 0. The summed E-state index contributed by atoms with van der Waals surface area (Å²) >= 11 is 0. The van der Waals surface area contributed by atoms with Crippen LogP contribution in [0.5, 0.6) is 0 Å². The molecule has 0 spiro atoms. The fourth-order valence-electron chi connectivity index (χ4n) is 0.787. The number of rotatable bonds is 0. The summed E-state index contributed by atoms with van der Waals surface area (Å²) < 4.78 is 0. The van der Waals surface area contributed by atoms with Gasteiger partial charge >= 0.3 is 0 Å². The van der Waals surface area contributed by atoms with Crippen LogP contribution < -0.4 is 0 Å². The number of hydrogen-bond acceptors (Lipinski definition) is 0. The summed E-state index contributed by atoms with van der Waals surface area (Å²) in [4.78, 5) is 0. The first-order valence-electron chi connectivity index (χ1n) is 2.86. The van der Waals surface area contributed by atoms with Gasteiger partial charge in [-0.1, -0.05) is 24.6 Å². The van der Waals surface area contributed by atoms with Crippen LogP contribution in [0.1, 0.15) is 13.8 Å². The van der Waals surface area contributed by atoms with Crippen LogP contribution in [0.4, 0.5) is 0 Å². The molecule has 2 atom stereocenters. The molecule has 44 valence electrons. The van der Waals surface area contributed by atoms with Crippen molar-refractivity contribution in [1.82, 2.24) is 0 Å². The zero-order valence-electron chi connectivity index (χ0n) is 5.31. The quantitative estimate of drug-likeness (QED) is 0.437. The molecule has 0 heterocycles. The summed E-state index contributed by atoms with van der Waals surface area (Å²) in [7, 11) is 2.73. The van der Waals surface area contributed by atoms with E-state index < -0.39 is 0 Å². The Morgan fingerprint density at radius 2 is 2.25 bits per heavy atom. The van der Waals surface area contributed by atoms with Gasteiger partial charge in [-0.15, -0.1) is 9.24 Å². The molecule has 1 rings (SSSR count). The average molecular weight is 126 g/mol. The van der Waals surface area contributed by atoms with Gasteiger partial charge in [0.05, 0.1) is 0 Å². The second-order valence-electron chi connectivity index (χ2n) is 2.29. The summed E-state index contributed by atoms with van der Waals surface area (Å²) in [6.45, 7) is 4.38. The SMILES string of the molecule is CC1=C(P)C=CC1C. The van der Waals surface area contributed by atoms with Crippen molar-refractivity contribution in [3.05, 3.63) is 23.0 Å². The van der Waals surface area contributed by atoms with Gasteiger partial charge in [-0.2, -0.15) is 0 Å². The largest absolute Gasteiger partial charge is 0.106 e. The van der Waals surface area contributed by atoms with Crippen LogP contribution in [0.25, 0.3) is 0 Å². The summed E-state index contributed by atoms with van der Waals surface area (Å²) in [6, 6.07) is 0. The molecule has 1 aliphatic carbocycles. The van der Waals surface area contributed by atoms with E-state index in [4.69, 9.17) is 0 Å². The summed E-state index contributed by atoms with van der Waals surface area (Å²) in [5.74, 6) is 0.669. The molecule has 0 nitrogen and oxygen atoms in total. The second kappa shape index (κ2) is 2.03. The molecule has 0 saturated carbocycles. The van der Waals surface area contributed by atoms with E-state index in [9.17, 15) is 0 Å². The number of allylic oxidation sites excluding steroid dienone is 4. The highest BCUT2D eigenvalue weighted by molar-refractivity contribution is 7.23. The predicted molar refractivity (Wildman–Crippen MR) is 40.7 cm³/mol. The van der Waals surface area contributed by atoms with Gasteiger partial charge in [-0.3, -0.25) is 0 Å². The first kappa shape index (κ1) is 6.04. The lowest BCUT2D eigenvalue weighted by molar-refractivity contribution is 0.881. The summed E-state index contributed by atoms with van der Waals surface area (Å²) in [6.07, 6.45) is 4.38. The van der Waals surface area contributed by atoms with Crippen molar-refractivity contribution in [2.75, 3.05) is 0 Å². The second-order valence-corrected chi connectivity index (χ2v) is 2.91. The van der Waals surface area contributed by atoms with Crippen LogP contribution in [-0.4, -0.2) is 0 Å². The summed E-state index contributed by atoms with van der Waals surface area (Å²) in [5.41, 5.74) is 1.48. The standard InChI is InChI=1S/C7H11P/c1-5-3-4-7(8)6(5)2/h3-5H,8H2,1-2H3. The monoisotopic (exact) mass is 126 g/mol.